The normalized spacial score (nSPS) is 12.5. The molecule has 0 fully saturated rings. The van der Waals surface area contributed by atoms with Crippen LogP contribution in [0.2, 0.25) is 0 Å². The average Bonchev–Trinajstić information content (AvgIpc) is 2.72. The number of hydrogen-bond acceptors (Lipinski definition) is 2. The molecule has 2 nitrogen and oxygen atoms in total. The summed E-state index contributed by atoms with van der Waals surface area (Å²) in [5, 5.41) is 20.3. The van der Waals surface area contributed by atoms with Crippen molar-refractivity contribution < 1.29 is 10.2 Å². The van der Waals surface area contributed by atoms with Crippen LogP contribution in [0.5, 0.6) is 11.5 Å². The Balaban J connectivity index is 2.09. The summed E-state index contributed by atoms with van der Waals surface area (Å²) in [5.74, 6) is 1.68. The van der Waals surface area contributed by atoms with Crippen LogP contribution in [0.25, 0.3) is 0 Å². The van der Waals surface area contributed by atoms with Gasteiger partial charge in [0.25, 0.3) is 0 Å². The minimum absolute atomic E-state index is 0.209. The maximum absolute atomic E-state index is 10.2. The van der Waals surface area contributed by atoms with Gasteiger partial charge in [-0.1, -0.05) is 91.8 Å². The molecule has 182 valence electrons. The van der Waals surface area contributed by atoms with Crippen molar-refractivity contribution in [3.63, 3.8) is 0 Å². The van der Waals surface area contributed by atoms with Gasteiger partial charge in [0.15, 0.2) is 0 Å². The molecule has 0 aliphatic carbocycles. The molecule has 2 heteroatoms. The van der Waals surface area contributed by atoms with Crippen LogP contribution in [0.3, 0.4) is 0 Å². The maximum Gasteiger partial charge on any atom is 0.115 e. The molecule has 2 N–H and O–H groups in total. The molecule has 0 aromatic heterocycles. The number of phenolic OH excluding ortho intramolecular Hbond substituents is 2. The molecule has 0 amide bonds. The highest BCUT2D eigenvalue weighted by Crippen LogP contribution is 2.40. The third kappa shape index (κ3) is 5.49. The SMILES string of the molecule is CC(C)Cc1cc(O)ccc1C(C)(C)c1cccc(C(C)(C)c2ccc(O)cc2CC(C)C)c1. The van der Waals surface area contributed by atoms with Gasteiger partial charge in [-0.15, -0.1) is 0 Å². The lowest BCUT2D eigenvalue weighted by atomic mass is 9.71. The zero-order valence-corrected chi connectivity index (χ0v) is 22.2. The lowest BCUT2D eigenvalue weighted by molar-refractivity contribution is 0.471. The second kappa shape index (κ2) is 9.86. The molecule has 0 radical (unpaired) electrons. The number of rotatable bonds is 8. The quantitative estimate of drug-likeness (QED) is 0.357. The molecule has 0 atom stereocenters. The highest BCUT2D eigenvalue weighted by Gasteiger charge is 2.30. The number of hydrogen-bond donors (Lipinski definition) is 2. The fraction of sp³-hybridized carbons (Fsp3) is 0.438. The zero-order valence-electron chi connectivity index (χ0n) is 22.2. The van der Waals surface area contributed by atoms with Crippen LogP contribution < -0.4 is 0 Å². The molecule has 3 aromatic carbocycles. The largest absolute Gasteiger partial charge is 0.508 e. The average molecular weight is 459 g/mol. The highest BCUT2D eigenvalue weighted by atomic mass is 16.3. The molecule has 0 bridgehead atoms. The van der Waals surface area contributed by atoms with Gasteiger partial charge >= 0.3 is 0 Å². The Labute approximate surface area is 206 Å². The van der Waals surface area contributed by atoms with E-state index < -0.39 is 0 Å². The van der Waals surface area contributed by atoms with Crippen molar-refractivity contribution in [3.8, 4) is 11.5 Å². The van der Waals surface area contributed by atoms with E-state index in [4.69, 9.17) is 0 Å². The molecule has 0 unspecified atom stereocenters. The molecular formula is C32H42O2. The monoisotopic (exact) mass is 458 g/mol. The second-order valence-corrected chi connectivity index (χ2v) is 11.7. The third-order valence-electron chi connectivity index (χ3n) is 7.09. The van der Waals surface area contributed by atoms with Gasteiger partial charge in [0.2, 0.25) is 0 Å². The lowest BCUT2D eigenvalue weighted by Gasteiger charge is -2.33. The Morgan fingerprint density at radius 2 is 0.971 bits per heavy atom. The summed E-state index contributed by atoms with van der Waals surface area (Å²) in [6.45, 7) is 18.0. The standard InChI is InChI=1S/C32H42O2/c1-21(2)16-23-18-27(33)12-14-29(23)31(5,6)25-10-9-11-26(20-25)32(7,8)30-15-13-28(34)19-24(30)17-22(3)4/h9-15,18-22,33-34H,16-17H2,1-8H3. The van der Waals surface area contributed by atoms with Gasteiger partial charge < -0.3 is 10.2 Å². The van der Waals surface area contributed by atoms with Crippen LogP contribution in [-0.2, 0) is 23.7 Å². The summed E-state index contributed by atoms with van der Waals surface area (Å²) in [5.41, 5.74) is 7.05. The van der Waals surface area contributed by atoms with Gasteiger partial charge in [-0.2, -0.15) is 0 Å². The summed E-state index contributed by atoms with van der Waals surface area (Å²) in [4.78, 5) is 0. The number of benzene rings is 3. The van der Waals surface area contributed by atoms with Crippen molar-refractivity contribution in [1.82, 2.24) is 0 Å². The van der Waals surface area contributed by atoms with E-state index in [0.29, 0.717) is 23.3 Å². The second-order valence-electron chi connectivity index (χ2n) is 11.7. The number of phenols is 2. The molecule has 34 heavy (non-hydrogen) atoms. The van der Waals surface area contributed by atoms with Crippen molar-refractivity contribution in [2.45, 2.75) is 79.1 Å². The van der Waals surface area contributed by atoms with E-state index in [1.165, 1.54) is 33.4 Å². The molecule has 0 aliphatic heterocycles. The first kappa shape index (κ1) is 25.9. The Bertz CT molecular complexity index is 1050. The smallest absolute Gasteiger partial charge is 0.115 e. The Hall–Kier alpha value is -2.74. The van der Waals surface area contributed by atoms with Gasteiger partial charge in [-0.05, 0) is 82.3 Å². The van der Waals surface area contributed by atoms with Gasteiger partial charge in [-0.25, -0.2) is 0 Å². The Morgan fingerprint density at radius 3 is 1.32 bits per heavy atom. The van der Waals surface area contributed by atoms with E-state index in [1.807, 2.05) is 24.3 Å². The van der Waals surface area contributed by atoms with Crippen molar-refractivity contribution in [2.24, 2.45) is 11.8 Å². The summed E-state index contributed by atoms with van der Waals surface area (Å²) in [7, 11) is 0. The van der Waals surface area contributed by atoms with E-state index in [1.54, 1.807) is 0 Å². The molecule has 0 saturated carbocycles. The van der Waals surface area contributed by atoms with Crippen molar-refractivity contribution >= 4 is 0 Å². The van der Waals surface area contributed by atoms with Crippen LogP contribution >= 0.6 is 0 Å². The fourth-order valence-corrected chi connectivity index (χ4v) is 5.20. The molecule has 0 saturated heterocycles. The van der Waals surface area contributed by atoms with E-state index in [-0.39, 0.29) is 10.8 Å². The van der Waals surface area contributed by atoms with E-state index in [0.717, 1.165) is 12.8 Å². The molecule has 3 aromatic rings. The predicted molar refractivity (Wildman–Crippen MR) is 144 cm³/mol. The minimum Gasteiger partial charge on any atom is -0.508 e. The molecule has 0 heterocycles. The van der Waals surface area contributed by atoms with Crippen LogP contribution in [0, 0.1) is 11.8 Å². The molecule has 0 aliphatic rings. The van der Waals surface area contributed by atoms with Crippen molar-refractivity contribution in [3.05, 3.63) is 94.0 Å². The van der Waals surface area contributed by atoms with Gasteiger partial charge in [0.05, 0.1) is 0 Å². The molecule has 3 rings (SSSR count). The summed E-state index contributed by atoms with van der Waals surface area (Å²) >= 11 is 0. The Kier molecular flexibility index (Phi) is 7.50. The predicted octanol–water partition coefficient (Wildman–Crippen LogP) is 8.15. The summed E-state index contributed by atoms with van der Waals surface area (Å²) < 4.78 is 0. The summed E-state index contributed by atoms with van der Waals surface area (Å²) in [6, 6.07) is 20.6. The van der Waals surface area contributed by atoms with Crippen LogP contribution in [0.4, 0.5) is 0 Å². The molecule has 0 spiro atoms. The molecular weight excluding hydrogens is 416 g/mol. The van der Waals surface area contributed by atoms with E-state index >= 15 is 0 Å². The highest BCUT2D eigenvalue weighted by molar-refractivity contribution is 5.50. The van der Waals surface area contributed by atoms with Gasteiger partial charge in [-0.3, -0.25) is 0 Å². The van der Waals surface area contributed by atoms with Crippen molar-refractivity contribution in [1.29, 1.82) is 0 Å². The first-order valence-electron chi connectivity index (χ1n) is 12.6. The van der Waals surface area contributed by atoms with E-state index in [9.17, 15) is 10.2 Å². The topological polar surface area (TPSA) is 40.5 Å². The van der Waals surface area contributed by atoms with E-state index in [2.05, 4.69) is 91.8 Å². The minimum atomic E-state index is -0.209. The number of aromatic hydroxyl groups is 2. The van der Waals surface area contributed by atoms with Crippen LogP contribution in [-0.4, -0.2) is 10.2 Å². The van der Waals surface area contributed by atoms with Crippen LogP contribution in [0.1, 0.15) is 88.8 Å². The zero-order chi connectivity index (χ0) is 25.3. The fourth-order valence-electron chi connectivity index (χ4n) is 5.20. The summed E-state index contributed by atoms with van der Waals surface area (Å²) in [6.07, 6.45) is 1.87. The van der Waals surface area contributed by atoms with Gasteiger partial charge in [0.1, 0.15) is 11.5 Å². The third-order valence-corrected chi connectivity index (χ3v) is 7.09. The lowest BCUT2D eigenvalue weighted by Crippen LogP contribution is -2.25. The first-order chi connectivity index (χ1) is 15.8. The Morgan fingerprint density at radius 1 is 0.588 bits per heavy atom. The van der Waals surface area contributed by atoms with Crippen LogP contribution in [0.15, 0.2) is 60.7 Å². The van der Waals surface area contributed by atoms with Gasteiger partial charge in [0, 0.05) is 10.8 Å². The first-order valence-corrected chi connectivity index (χ1v) is 12.6. The maximum atomic E-state index is 10.2. The van der Waals surface area contributed by atoms with Crippen molar-refractivity contribution in [2.75, 3.05) is 0 Å².